The molecule has 5 rings (SSSR count). The molecule has 2 fully saturated rings. The van der Waals surface area contributed by atoms with Crippen LogP contribution in [0.25, 0.3) is 0 Å². The summed E-state index contributed by atoms with van der Waals surface area (Å²) in [6.45, 7) is 3.69. The lowest BCUT2D eigenvalue weighted by molar-refractivity contribution is -0.141. The first-order valence-electron chi connectivity index (χ1n) is 14.0. The highest BCUT2D eigenvalue weighted by Crippen LogP contribution is 2.38. The van der Waals surface area contributed by atoms with Gasteiger partial charge >= 0.3 is 6.18 Å². The van der Waals surface area contributed by atoms with Crippen molar-refractivity contribution in [3.05, 3.63) is 89.7 Å². The molecule has 3 heterocycles. The Balaban J connectivity index is 1.23. The quantitative estimate of drug-likeness (QED) is 0.448. The highest BCUT2D eigenvalue weighted by Gasteiger charge is 2.45. The summed E-state index contributed by atoms with van der Waals surface area (Å²) in [7, 11) is 0. The van der Waals surface area contributed by atoms with E-state index in [1.165, 1.54) is 0 Å². The fourth-order valence-corrected chi connectivity index (χ4v) is 5.92. The molecule has 2 aliphatic heterocycles. The van der Waals surface area contributed by atoms with Crippen molar-refractivity contribution < 1.29 is 22.8 Å². The Morgan fingerprint density at radius 3 is 2.15 bits per heavy atom. The summed E-state index contributed by atoms with van der Waals surface area (Å²) in [5, 5.41) is 3.22. The first-order chi connectivity index (χ1) is 19.7. The fourth-order valence-electron chi connectivity index (χ4n) is 5.92. The zero-order chi connectivity index (χ0) is 29.0. The van der Waals surface area contributed by atoms with Gasteiger partial charge in [0.2, 0.25) is 17.8 Å². The molecule has 1 atom stereocenters. The first kappa shape index (κ1) is 28.6. The van der Waals surface area contributed by atoms with Gasteiger partial charge in [0.25, 0.3) is 0 Å². The third-order valence-electron chi connectivity index (χ3n) is 8.40. The van der Waals surface area contributed by atoms with Crippen LogP contribution in [0.3, 0.4) is 0 Å². The van der Waals surface area contributed by atoms with E-state index in [-0.39, 0.29) is 29.7 Å². The number of rotatable bonds is 6. The smallest absolute Gasteiger partial charge is 0.349 e. The molecular formula is C31H34F3N5O2. The van der Waals surface area contributed by atoms with Crippen LogP contribution in [-0.2, 0) is 21.2 Å². The minimum atomic E-state index is -4.54. The zero-order valence-corrected chi connectivity index (χ0v) is 23.0. The van der Waals surface area contributed by atoms with E-state index in [0.717, 1.165) is 23.4 Å². The van der Waals surface area contributed by atoms with Crippen LogP contribution >= 0.6 is 0 Å². The lowest BCUT2D eigenvalue weighted by atomic mass is 9.71. The van der Waals surface area contributed by atoms with Crippen molar-refractivity contribution in [3.63, 3.8) is 0 Å². The van der Waals surface area contributed by atoms with E-state index >= 15 is 0 Å². The molecule has 0 saturated carbocycles. The highest BCUT2D eigenvalue weighted by atomic mass is 19.4. The number of benzene rings is 2. The van der Waals surface area contributed by atoms with Crippen LogP contribution in [0.1, 0.15) is 55.5 Å². The topological polar surface area (TPSA) is 78.4 Å². The van der Waals surface area contributed by atoms with Gasteiger partial charge in [0.05, 0.1) is 11.5 Å². The van der Waals surface area contributed by atoms with Crippen LogP contribution in [0.2, 0.25) is 0 Å². The predicted octanol–water partition coefficient (Wildman–Crippen LogP) is 5.15. The highest BCUT2D eigenvalue weighted by molar-refractivity contribution is 5.89. The second-order valence-corrected chi connectivity index (χ2v) is 10.9. The number of carbonyl (C=O) groups is 2. The van der Waals surface area contributed by atoms with Gasteiger partial charge in [-0.3, -0.25) is 9.59 Å². The number of hydrogen-bond acceptors (Lipinski definition) is 5. The van der Waals surface area contributed by atoms with Crippen LogP contribution < -0.4 is 10.2 Å². The molecule has 0 aliphatic carbocycles. The number of alkyl halides is 3. The molecule has 2 amide bonds. The minimum absolute atomic E-state index is 0.0343. The van der Waals surface area contributed by atoms with Crippen molar-refractivity contribution in [1.82, 2.24) is 20.2 Å². The van der Waals surface area contributed by atoms with E-state index in [1.807, 2.05) is 72.5 Å². The number of halogens is 3. The molecule has 10 heteroatoms. The number of hydrogen-bond donors (Lipinski definition) is 1. The zero-order valence-electron chi connectivity index (χ0n) is 23.0. The Kier molecular flexibility index (Phi) is 8.28. The van der Waals surface area contributed by atoms with Crippen LogP contribution in [0.4, 0.5) is 19.1 Å². The monoisotopic (exact) mass is 565 g/mol. The van der Waals surface area contributed by atoms with Gasteiger partial charge in [-0.05, 0) is 49.8 Å². The van der Waals surface area contributed by atoms with Gasteiger partial charge in [-0.15, -0.1) is 0 Å². The van der Waals surface area contributed by atoms with E-state index < -0.39 is 17.3 Å². The van der Waals surface area contributed by atoms with Gasteiger partial charge in [0, 0.05) is 38.3 Å². The van der Waals surface area contributed by atoms with E-state index in [4.69, 9.17) is 0 Å². The molecule has 1 N–H and O–H groups in total. The number of amides is 2. The first-order valence-corrected chi connectivity index (χ1v) is 14.0. The normalized spacial score (nSPS) is 18.5. The average Bonchev–Trinajstić information content (AvgIpc) is 3.01. The number of nitrogens with zero attached hydrogens (tertiary/aromatic N) is 4. The average molecular weight is 566 g/mol. The summed E-state index contributed by atoms with van der Waals surface area (Å²) >= 11 is 0. The summed E-state index contributed by atoms with van der Waals surface area (Å²) in [6.07, 6.45) is -1.39. The number of anilines is 1. The van der Waals surface area contributed by atoms with Crippen molar-refractivity contribution >= 4 is 17.8 Å². The maximum absolute atomic E-state index is 13.8. The Hall–Kier alpha value is -3.95. The van der Waals surface area contributed by atoms with Gasteiger partial charge in [-0.1, -0.05) is 60.7 Å². The number of aromatic nitrogens is 2. The summed E-state index contributed by atoms with van der Waals surface area (Å²) < 4.78 is 39.2. The molecular weight excluding hydrogens is 531 g/mol. The SMILES string of the molecule is C[C@H](NC(=O)C1(c2ccccc2)CCN(C(=O)C2CCN(c3nccc(C(F)(F)F)n3)CC2)CC1)c1ccccc1. The summed E-state index contributed by atoms with van der Waals surface area (Å²) in [4.78, 5) is 38.6. The third kappa shape index (κ3) is 6.21. The molecule has 0 unspecified atom stereocenters. The van der Waals surface area contributed by atoms with E-state index in [2.05, 4.69) is 15.3 Å². The van der Waals surface area contributed by atoms with Gasteiger partial charge < -0.3 is 15.1 Å². The van der Waals surface area contributed by atoms with Crippen LogP contribution in [0.5, 0.6) is 0 Å². The Morgan fingerprint density at radius 2 is 1.54 bits per heavy atom. The van der Waals surface area contributed by atoms with Crippen molar-refractivity contribution in [2.24, 2.45) is 5.92 Å². The largest absolute Gasteiger partial charge is 0.433 e. The Morgan fingerprint density at radius 1 is 0.927 bits per heavy atom. The number of piperidine rings is 2. The van der Waals surface area contributed by atoms with Crippen molar-refractivity contribution in [2.75, 3.05) is 31.1 Å². The van der Waals surface area contributed by atoms with Crippen LogP contribution in [0.15, 0.2) is 72.9 Å². The van der Waals surface area contributed by atoms with Crippen LogP contribution in [-0.4, -0.2) is 52.9 Å². The van der Waals surface area contributed by atoms with Crippen molar-refractivity contribution in [2.45, 2.75) is 50.2 Å². The molecule has 0 bridgehead atoms. The summed E-state index contributed by atoms with van der Waals surface area (Å²) in [5.41, 5.74) is 0.251. The van der Waals surface area contributed by atoms with Gasteiger partial charge in [-0.2, -0.15) is 13.2 Å². The number of carbonyl (C=O) groups excluding carboxylic acids is 2. The second-order valence-electron chi connectivity index (χ2n) is 10.9. The van der Waals surface area contributed by atoms with Crippen LogP contribution in [0, 0.1) is 5.92 Å². The fraction of sp³-hybridized carbons (Fsp3) is 0.419. The van der Waals surface area contributed by atoms with Gasteiger partial charge in [0.1, 0.15) is 5.69 Å². The number of likely N-dealkylation sites (tertiary alicyclic amines) is 1. The lowest BCUT2D eigenvalue weighted by Gasteiger charge is -2.43. The van der Waals surface area contributed by atoms with Gasteiger partial charge in [0.15, 0.2) is 0 Å². The molecule has 0 spiro atoms. The maximum atomic E-state index is 13.8. The van der Waals surface area contributed by atoms with E-state index in [1.54, 1.807) is 4.90 Å². The maximum Gasteiger partial charge on any atom is 0.433 e. The molecule has 0 radical (unpaired) electrons. The summed E-state index contributed by atoms with van der Waals surface area (Å²) in [6, 6.07) is 20.3. The standard InChI is InChI=1S/C31H34F3N5O2/c1-22(23-8-4-2-5-9-23)36-28(41)30(25-10-6-3-7-11-25)15-20-38(21-16-30)27(40)24-13-18-39(19-14-24)29-35-17-12-26(37-29)31(32,33)34/h2-12,17,22,24H,13-16,18-21H2,1H3,(H,36,41)/t22-/m0/s1. The minimum Gasteiger partial charge on any atom is -0.349 e. The second kappa shape index (κ2) is 11.9. The lowest BCUT2D eigenvalue weighted by Crippen LogP contribution is -2.54. The molecule has 2 aliphatic rings. The molecule has 2 saturated heterocycles. The molecule has 2 aromatic carbocycles. The molecule has 216 valence electrons. The number of nitrogens with one attached hydrogen (secondary N) is 1. The van der Waals surface area contributed by atoms with Crippen molar-refractivity contribution in [3.8, 4) is 0 Å². The van der Waals surface area contributed by atoms with E-state index in [0.29, 0.717) is 51.9 Å². The van der Waals surface area contributed by atoms with E-state index in [9.17, 15) is 22.8 Å². The summed E-state index contributed by atoms with van der Waals surface area (Å²) in [5.74, 6) is -0.198. The van der Waals surface area contributed by atoms with Gasteiger partial charge in [-0.25, -0.2) is 9.97 Å². The Labute approximate surface area is 237 Å². The van der Waals surface area contributed by atoms with Crippen molar-refractivity contribution in [1.29, 1.82) is 0 Å². The molecule has 1 aromatic heterocycles. The third-order valence-corrected chi connectivity index (χ3v) is 8.40. The molecule has 7 nitrogen and oxygen atoms in total. The predicted molar refractivity (Wildman–Crippen MR) is 149 cm³/mol. The Bertz CT molecular complexity index is 1340. The molecule has 3 aromatic rings. The molecule has 41 heavy (non-hydrogen) atoms.